The molecule has 1 aliphatic rings. The SMILES string of the molecule is COCC1(C(=O)NCCc2ncc[nH]2)CCNCC1. The first-order valence-electron chi connectivity index (χ1n) is 6.73. The highest BCUT2D eigenvalue weighted by molar-refractivity contribution is 5.83. The van der Waals surface area contributed by atoms with Crippen LogP contribution in [-0.4, -0.2) is 49.2 Å². The topological polar surface area (TPSA) is 79.0 Å². The zero-order valence-corrected chi connectivity index (χ0v) is 11.4. The zero-order valence-electron chi connectivity index (χ0n) is 11.4. The summed E-state index contributed by atoms with van der Waals surface area (Å²) in [6.45, 7) is 2.83. The number of rotatable bonds is 6. The quantitative estimate of drug-likeness (QED) is 0.681. The van der Waals surface area contributed by atoms with Crippen molar-refractivity contribution in [3.05, 3.63) is 18.2 Å². The lowest BCUT2D eigenvalue weighted by Gasteiger charge is -2.35. The van der Waals surface area contributed by atoms with Gasteiger partial charge >= 0.3 is 0 Å². The number of imidazole rings is 1. The summed E-state index contributed by atoms with van der Waals surface area (Å²) < 4.78 is 5.25. The molecule has 0 unspecified atom stereocenters. The number of ether oxygens (including phenoxy) is 1. The average molecular weight is 266 g/mol. The summed E-state index contributed by atoms with van der Waals surface area (Å²) in [6.07, 6.45) is 5.88. The van der Waals surface area contributed by atoms with E-state index >= 15 is 0 Å². The number of nitrogens with zero attached hydrogens (tertiary/aromatic N) is 1. The van der Waals surface area contributed by atoms with E-state index in [1.54, 1.807) is 19.5 Å². The lowest BCUT2D eigenvalue weighted by atomic mass is 9.78. The Labute approximate surface area is 113 Å². The van der Waals surface area contributed by atoms with Crippen molar-refractivity contribution in [2.24, 2.45) is 5.41 Å². The van der Waals surface area contributed by atoms with Crippen LogP contribution in [-0.2, 0) is 16.0 Å². The summed E-state index contributed by atoms with van der Waals surface area (Å²) in [4.78, 5) is 19.6. The molecule has 0 saturated carbocycles. The Kier molecular flexibility index (Phi) is 4.93. The van der Waals surface area contributed by atoms with Crippen molar-refractivity contribution in [1.29, 1.82) is 0 Å². The number of piperidine rings is 1. The molecule has 1 fully saturated rings. The second-order valence-electron chi connectivity index (χ2n) is 5.01. The summed E-state index contributed by atoms with van der Waals surface area (Å²) in [5.41, 5.74) is -0.372. The Morgan fingerprint density at radius 2 is 2.32 bits per heavy atom. The van der Waals surface area contributed by atoms with Crippen molar-refractivity contribution in [2.45, 2.75) is 19.3 Å². The van der Waals surface area contributed by atoms with Crippen molar-refractivity contribution in [3.8, 4) is 0 Å². The van der Waals surface area contributed by atoms with E-state index < -0.39 is 0 Å². The van der Waals surface area contributed by atoms with Crippen LogP contribution < -0.4 is 10.6 Å². The predicted octanol–water partition coefficient (Wildman–Crippen LogP) is 0.0846. The predicted molar refractivity (Wildman–Crippen MR) is 71.7 cm³/mol. The molecule has 0 aromatic carbocycles. The number of carbonyl (C=O) groups excluding carboxylic acids is 1. The molecule has 1 saturated heterocycles. The largest absolute Gasteiger partial charge is 0.384 e. The fraction of sp³-hybridized carbons (Fsp3) is 0.692. The minimum absolute atomic E-state index is 0.0995. The Bertz CT molecular complexity index is 380. The number of hydrogen-bond donors (Lipinski definition) is 3. The molecular weight excluding hydrogens is 244 g/mol. The van der Waals surface area contributed by atoms with Gasteiger partial charge in [-0.1, -0.05) is 0 Å². The Morgan fingerprint density at radius 1 is 1.53 bits per heavy atom. The van der Waals surface area contributed by atoms with Gasteiger partial charge in [-0.25, -0.2) is 4.98 Å². The highest BCUT2D eigenvalue weighted by atomic mass is 16.5. The maximum absolute atomic E-state index is 12.4. The average Bonchev–Trinajstić information content (AvgIpc) is 2.93. The van der Waals surface area contributed by atoms with Gasteiger partial charge in [-0.2, -0.15) is 0 Å². The van der Waals surface area contributed by atoms with Crippen LogP contribution in [0, 0.1) is 5.41 Å². The third-order valence-electron chi connectivity index (χ3n) is 3.67. The van der Waals surface area contributed by atoms with Crippen molar-refractivity contribution >= 4 is 5.91 Å². The molecule has 1 aromatic rings. The number of amides is 1. The molecule has 2 heterocycles. The van der Waals surface area contributed by atoms with Gasteiger partial charge in [-0.15, -0.1) is 0 Å². The van der Waals surface area contributed by atoms with Crippen LogP contribution in [0.4, 0.5) is 0 Å². The summed E-state index contributed by atoms with van der Waals surface area (Å²) in [5, 5.41) is 6.29. The van der Waals surface area contributed by atoms with E-state index in [4.69, 9.17) is 4.74 Å². The van der Waals surface area contributed by atoms with Gasteiger partial charge in [0.15, 0.2) is 0 Å². The van der Waals surface area contributed by atoms with E-state index in [1.807, 2.05) is 0 Å². The fourth-order valence-electron chi connectivity index (χ4n) is 2.54. The van der Waals surface area contributed by atoms with Crippen molar-refractivity contribution in [3.63, 3.8) is 0 Å². The zero-order chi connectivity index (χ0) is 13.6. The van der Waals surface area contributed by atoms with Crippen LogP contribution in [0.25, 0.3) is 0 Å². The van der Waals surface area contributed by atoms with E-state index in [-0.39, 0.29) is 11.3 Å². The minimum Gasteiger partial charge on any atom is -0.384 e. The molecule has 2 rings (SSSR count). The highest BCUT2D eigenvalue weighted by Gasteiger charge is 2.39. The monoisotopic (exact) mass is 266 g/mol. The van der Waals surface area contributed by atoms with Gasteiger partial charge in [-0.3, -0.25) is 4.79 Å². The summed E-state index contributed by atoms with van der Waals surface area (Å²) in [7, 11) is 1.65. The van der Waals surface area contributed by atoms with E-state index in [0.29, 0.717) is 13.2 Å². The first-order chi connectivity index (χ1) is 9.27. The maximum Gasteiger partial charge on any atom is 0.228 e. The van der Waals surface area contributed by atoms with Crippen LogP contribution >= 0.6 is 0 Å². The van der Waals surface area contributed by atoms with Gasteiger partial charge in [0.05, 0.1) is 12.0 Å². The highest BCUT2D eigenvalue weighted by Crippen LogP contribution is 2.29. The number of aromatic nitrogens is 2. The maximum atomic E-state index is 12.4. The van der Waals surface area contributed by atoms with Crippen LogP contribution in [0.15, 0.2) is 12.4 Å². The number of carbonyl (C=O) groups is 1. The number of nitrogens with one attached hydrogen (secondary N) is 3. The molecule has 1 amide bonds. The standard InChI is InChI=1S/C13H22N4O2/c1-19-10-13(3-6-14-7-4-13)12(18)17-5-2-11-15-8-9-16-11/h8-9,14H,2-7,10H2,1H3,(H,15,16)(H,17,18). The molecule has 0 bridgehead atoms. The smallest absolute Gasteiger partial charge is 0.228 e. The third kappa shape index (κ3) is 3.54. The molecule has 6 heteroatoms. The van der Waals surface area contributed by atoms with E-state index in [2.05, 4.69) is 20.6 Å². The molecule has 0 radical (unpaired) electrons. The fourth-order valence-corrected chi connectivity index (χ4v) is 2.54. The Hall–Kier alpha value is -1.40. The van der Waals surface area contributed by atoms with Crippen molar-refractivity contribution < 1.29 is 9.53 Å². The lowest BCUT2D eigenvalue weighted by Crippen LogP contribution is -2.50. The third-order valence-corrected chi connectivity index (χ3v) is 3.67. The van der Waals surface area contributed by atoms with Gasteiger partial charge in [0.25, 0.3) is 0 Å². The molecule has 6 nitrogen and oxygen atoms in total. The molecular formula is C13H22N4O2. The normalized spacial score (nSPS) is 18.2. The minimum atomic E-state index is -0.372. The number of H-pyrrole nitrogens is 1. The van der Waals surface area contributed by atoms with Crippen LogP contribution in [0.3, 0.4) is 0 Å². The van der Waals surface area contributed by atoms with Gasteiger partial charge < -0.3 is 20.4 Å². The molecule has 106 valence electrons. The van der Waals surface area contributed by atoms with Crippen molar-refractivity contribution in [1.82, 2.24) is 20.6 Å². The second-order valence-corrected chi connectivity index (χ2v) is 5.01. The van der Waals surface area contributed by atoms with E-state index in [1.165, 1.54) is 0 Å². The molecule has 1 aliphatic heterocycles. The molecule has 0 atom stereocenters. The number of hydrogen-bond acceptors (Lipinski definition) is 4. The number of methoxy groups -OCH3 is 1. The van der Waals surface area contributed by atoms with Gasteiger partial charge in [0.2, 0.25) is 5.91 Å². The van der Waals surface area contributed by atoms with E-state index in [9.17, 15) is 4.79 Å². The Balaban J connectivity index is 1.85. The summed E-state index contributed by atoms with van der Waals surface area (Å²) >= 11 is 0. The first kappa shape index (κ1) is 14.0. The van der Waals surface area contributed by atoms with Gasteiger partial charge in [0, 0.05) is 32.5 Å². The van der Waals surface area contributed by atoms with Gasteiger partial charge in [-0.05, 0) is 25.9 Å². The summed E-state index contributed by atoms with van der Waals surface area (Å²) in [5.74, 6) is 0.994. The second kappa shape index (κ2) is 6.68. The van der Waals surface area contributed by atoms with Crippen LogP contribution in [0.5, 0.6) is 0 Å². The van der Waals surface area contributed by atoms with Gasteiger partial charge in [0.1, 0.15) is 5.82 Å². The summed E-state index contributed by atoms with van der Waals surface area (Å²) in [6, 6.07) is 0. The van der Waals surface area contributed by atoms with E-state index in [0.717, 1.165) is 38.2 Å². The van der Waals surface area contributed by atoms with Crippen LogP contribution in [0.1, 0.15) is 18.7 Å². The van der Waals surface area contributed by atoms with Crippen LogP contribution in [0.2, 0.25) is 0 Å². The lowest BCUT2D eigenvalue weighted by molar-refractivity contribution is -0.136. The molecule has 19 heavy (non-hydrogen) atoms. The molecule has 3 N–H and O–H groups in total. The molecule has 1 aromatic heterocycles. The molecule has 0 aliphatic carbocycles. The number of aromatic amines is 1. The van der Waals surface area contributed by atoms with Crippen molar-refractivity contribution in [2.75, 3.05) is 33.4 Å². The molecule has 0 spiro atoms. The Morgan fingerprint density at radius 3 is 2.95 bits per heavy atom. The first-order valence-corrected chi connectivity index (χ1v) is 6.73.